The third kappa shape index (κ3) is 4.91. The highest BCUT2D eigenvalue weighted by molar-refractivity contribution is 6.03. The maximum Gasteiger partial charge on any atom is 0.222 e. The van der Waals surface area contributed by atoms with Crippen molar-refractivity contribution >= 4 is 17.1 Å². The number of anilines is 2. The summed E-state index contributed by atoms with van der Waals surface area (Å²) < 4.78 is 5.70. The van der Waals surface area contributed by atoms with Crippen molar-refractivity contribution in [2.75, 3.05) is 17.2 Å². The Morgan fingerprint density at radius 2 is 2.13 bits per heavy atom. The third-order valence-electron chi connectivity index (χ3n) is 4.24. The van der Waals surface area contributed by atoms with Crippen LogP contribution in [0.1, 0.15) is 39.1 Å². The Balaban J connectivity index is 2.10. The molecule has 9 nitrogen and oxygen atoms in total. The number of nitrogens with zero attached hydrogens (tertiary/aromatic N) is 5. The Hall–Kier alpha value is -3.49. The fourth-order valence-corrected chi connectivity index (χ4v) is 3.02. The fourth-order valence-electron chi connectivity index (χ4n) is 3.02. The number of pyridine rings is 2. The number of rotatable bonds is 9. The molecule has 0 radical (unpaired) electrons. The van der Waals surface area contributed by atoms with Gasteiger partial charge in [-0.25, -0.2) is 9.97 Å². The molecule has 0 aromatic carbocycles. The maximum absolute atomic E-state index is 8.31. The van der Waals surface area contributed by atoms with Crippen molar-refractivity contribution in [1.82, 2.24) is 25.0 Å². The minimum Gasteiger partial charge on any atom is -0.477 e. The van der Waals surface area contributed by atoms with Gasteiger partial charge in [0.25, 0.3) is 0 Å². The van der Waals surface area contributed by atoms with Gasteiger partial charge in [-0.1, -0.05) is 0 Å². The molecule has 0 saturated heterocycles. The van der Waals surface area contributed by atoms with Gasteiger partial charge in [-0.3, -0.25) is 0 Å². The van der Waals surface area contributed by atoms with E-state index in [2.05, 4.69) is 39.7 Å². The van der Waals surface area contributed by atoms with Crippen molar-refractivity contribution in [2.24, 2.45) is 7.05 Å². The molecule has 3 N–H and O–H groups in total. The molecule has 0 aliphatic carbocycles. The van der Waals surface area contributed by atoms with E-state index < -0.39 is 0 Å². The summed E-state index contributed by atoms with van der Waals surface area (Å²) in [6.45, 7) is 8.76. The molecule has 0 saturated carbocycles. The van der Waals surface area contributed by atoms with E-state index in [1.54, 1.807) is 26.4 Å². The molecule has 158 valence electrons. The Kier molecular flexibility index (Phi) is 6.61. The molecule has 0 unspecified atom stereocenters. The first-order chi connectivity index (χ1) is 14.4. The molecule has 3 aromatic rings. The summed E-state index contributed by atoms with van der Waals surface area (Å²) in [5.74, 6) is 0.519. The topological polar surface area (TPSA) is 114 Å². The van der Waals surface area contributed by atoms with Gasteiger partial charge in [0.15, 0.2) is 0 Å². The average molecular weight is 409 g/mol. The fraction of sp³-hybridized carbons (Fsp3) is 0.381. The molecule has 30 heavy (non-hydrogen) atoms. The number of hydrogen-bond acceptors (Lipinski definition) is 8. The minimum atomic E-state index is 0.171. The van der Waals surface area contributed by atoms with Gasteiger partial charge >= 0.3 is 0 Å². The smallest absolute Gasteiger partial charge is 0.222 e. The van der Waals surface area contributed by atoms with Crippen LogP contribution in [0.25, 0.3) is 11.3 Å². The predicted molar refractivity (Wildman–Crippen MR) is 118 cm³/mol. The molecular formula is C21H28N8O. The van der Waals surface area contributed by atoms with E-state index in [-0.39, 0.29) is 6.04 Å². The van der Waals surface area contributed by atoms with Gasteiger partial charge < -0.3 is 20.8 Å². The van der Waals surface area contributed by atoms with Crippen molar-refractivity contribution in [3.63, 3.8) is 0 Å². The molecule has 3 aromatic heterocycles. The van der Waals surface area contributed by atoms with Gasteiger partial charge in [-0.05, 0) is 45.9 Å². The van der Waals surface area contributed by atoms with E-state index in [1.807, 2.05) is 25.1 Å². The van der Waals surface area contributed by atoms with Crippen LogP contribution in [-0.4, -0.2) is 43.3 Å². The van der Waals surface area contributed by atoms with Gasteiger partial charge in [0, 0.05) is 19.3 Å². The maximum atomic E-state index is 8.31. The van der Waals surface area contributed by atoms with Gasteiger partial charge in [-0.15, -0.1) is 0 Å². The van der Waals surface area contributed by atoms with Gasteiger partial charge in [0.05, 0.1) is 47.7 Å². The molecule has 0 spiro atoms. The summed E-state index contributed by atoms with van der Waals surface area (Å²) in [4.78, 5) is 10.6. The van der Waals surface area contributed by atoms with E-state index >= 15 is 0 Å². The van der Waals surface area contributed by atoms with E-state index in [0.717, 1.165) is 22.6 Å². The van der Waals surface area contributed by atoms with Crippen LogP contribution in [0.15, 0.2) is 30.6 Å². The lowest BCUT2D eigenvalue weighted by Crippen LogP contribution is -2.17. The van der Waals surface area contributed by atoms with Gasteiger partial charge in [-0.2, -0.15) is 15.0 Å². The molecule has 0 aliphatic heterocycles. The van der Waals surface area contributed by atoms with Gasteiger partial charge in [0.2, 0.25) is 5.88 Å². The van der Waals surface area contributed by atoms with Crippen LogP contribution in [0.2, 0.25) is 0 Å². The normalized spacial score (nSPS) is 10.9. The highest BCUT2D eigenvalue weighted by atomic mass is 16.5. The lowest BCUT2D eigenvalue weighted by atomic mass is 10.1. The third-order valence-corrected chi connectivity index (χ3v) is 4.24. The molecule has 0 atom stereocenters. The molecule has 3 heterocycles. The number of aromatic nitrogens is 5. The largest absolute Gasteiger partial charge is 0.477 e. The number of ether oxygens (including phenoxy) is 1. The zero-order chi connectivity index (χ0) is 21.7. The summed E-state index contributed by atoms with van der Waals surface area (Å²) in [5.41, 5.74) is 4.83. The minimum absolute atomic E-state index is 0.171. The Labute approximate surface area is 176 Å². The summed E-state index contributed by atoms with van der Waals surface area (Å²) in [6, 6.07) is 5.90. The van der Waals surface area contributed by atoms with Crippen LogP contribution in [0.3, 0.4) is 0 Å². The molecule has 0 fully saturated rings. The Bertz CT molecular complexity index is 1030. The monoisotopic (exact) mass is 408 g/mol. The second-order valence-electron chi connectivity index (χ2n) is 7.17. The Morgan fingerprint density at radius 3 is 2.77 bits per heavy atom. The summed E-state index contributed by atoms with van der Waals surface area (Å²) in [6.07, 6.45) is 3.42. The van der Waals surface area contributed by atoms with Crippen LogP contribution in [-0.2, 0) is 13.6 Å². The summed E-state index contributed by atoms with van der Waals surface area (Å²) in [5, 5.41) is 23.6. The van der Waals surface area contributed by atoms with Crippen LogP contribution >= 0.6 is 0 Å². The second-order valence-corrected chi connectivity index (χ2v) is 7.17. The van der Waals surface area contributed by atoms with Crippen LogP contribution in [0.4, 0.5) is 11.4 Å². The van der Waals surface area contributed by atoms with E-state index in [9.17, 15) is 0 Å². The average Bonchev–Trinajstić information content (AvgIpc) is 3.12. The highest BCUT2D eigenvalue weighted by Crippen LogP contribution is 2.34. The second kappa shape index (κ2) is 9.34. The van der Waals surface area contributed by atoms with Crippen molar-refractivity contribution in [1.29, 1.82) is 5.41 Å². The van der Waals surface area contributed by atoms with Crippen LogP contribution < -0.4 is 15.4 Å². The number of aryl methyl sites for hydroxylation is 1. The zero-order valence-corrected chi connectivity index (χ0v) is 18.0. The van der Waals surface area contributed by atoms with Crippen molar-refractivity contribution < 1.29 is 4.74 Å². The first-order valence-electron chi connectivity index (χ1n) is 9.93. The van der Waals surface area contributed by atoms with Crippen molar-refractivity contribution in [2.45, 2.75) is 40.3 Å². The van der Waals surface area contributed by atoms with Crippen LogP contribution in [0, 0.1) is 5.41 Å². The highest BCUT2D eigenvalue weighted by Gasteiger charge is 2.18. The quantitative estimate of drug-likeness (QED) is 0.464. The molecule has 0 bridgehead atoms. The molecule has 0 aliphatic rings. The van der Waals surface area contributed by atoms with E-state index in [4.69, 9.17) is 15.1 Å². The van der Waals surface area contributed by atoms with Crippen molar-refractivity contribution in [3.8, 4) is 17.1 Å². The molecule has 0 amide bonds. The molecular weight excluding hydrogens is 380 g/mol. The van der Waals surface area contributed by atoms with Crippen LogP contribution in [0.5, 0.6) is 5.88 Å². The SMILES string of the molecule is CCOc1ncccc1-c1cc(NCc2cnn(C)n2)c(NC(C)C)c(C(C)=N)n1. The van der Waals surface area contributed by atoms with E-state index in [1.165, 1.54) is 4.80 Å². The lowest BCUT2D eigenvalue weighted by molar-refractivity contribution is 0.328. The first-order valence-corrected chi connectivity index (χ1v) is 9.93. The van der Waals surface area contributed by atoms with Crippen molar-refractivity contribution in [3.05, 3.63) is 42.0 Å². The number of nitrogens with one attached hydrogen (secondary N) is 3. The zero-order valence-electron chi connectivity index (χ0n) is 18.0. The van der Waals surface area contributed by atoms with Gasteiger partial charge in [0.1, 0.15) is 11.4 Å². The predicted octanol–water partition coefficient (Wildman–Crippen LogP) is 3.49. The van der Waals surface area contributed by atoms with E-state index in [0.29, 0.717) is 36.1 Å². The lowest BCUT2D eigenvalue weighted by Gasteiger charge is -2.20. The first kappa shape index (κ1) is 21.2. The summed E-state index contributed by atoms with van der Waals surface area (Å²) >= 11 is 0. The summed E-state index contributed by atoms with van der Waals surface area (Å²) in [7, 11) is 1.79. The molecule has 9 heteroatoms. The molecule has 3 rings (SSSR count). The number of hydrogen-bond donors (Lipinski definition) is 3. The Morgan fingerprint density at radius 1 is 1.33 bits per heavy atom. The standard InChI is InChI=1S/C21H28N8O/c1-6-30-21-16(8-7-9-23-21)17-10-18(24-11-15-12-25-29(5)28-15)20(26-13(2)3)19(27-17)14(4)22/h7-10,12-13,22,26H,6,11H2,1-5H3,(H,24,27).